The fourth-order valence-corrected chi connectivity index (χ4v) is 3.78. The first-order valence-electron chi connectivity index (χ1n) is 9.25. The smallest absolute Gasteiger partial charge is 0.260 e. The molecule has 0 bridgehead atoms. The van der Waals surface area contributed by atoms with E-state index in [2.05, 4.69) is 22.0 Å². The largest absolute Gasteiger partial charge is 0.381 e. The van der Waals surface area contributed by atoms with Gasteiger partial charge in [0.25, 0.3) is 11.5 Å². The first-order chi connectivity index (χ1) is 14.4. The number of hydrogen-bond acceptors (Lipinski definition) is 5. The minimum Gasteiger partial charge on any atom is -0.381 e. The normalized spacial score (nSPS) is 12.2. The molecule has 0 fully saturated rings. The van der Waals surface area contributed by atoms with Crippen molar-refractivity contribution < 1.29 is 4.79 Å². The molecule has 0 spiro atoms. The Hall–Kier alpha value is -3.65. The van der Waals surface area contributed by atoms with Crippen LogP contribution in [0.25, 0.3) is 16.4 Å². The summed E-state index contributed by atoms with van der Waals surface area (Å²) in [6.07, 6.45) is 4.84. The number of carbonyl (C=O) groups excluding carboxylic acids is 1. The van der Waals surface area contributed by atoms with Gasteiger partial charge in [0.1, 0.15) is 5.56 Å². The number of pyridine rings is 1. The fraction of sp³-hybridized carbons (Fsp3) is 0.143. The van der Waals surface area contributed by atoms with Crippen LogP contribution in [0.5, 0.6) is 0 Å². The Bertz CT molecular complexity index is 1360. The van der Waals surface area contributed by atoms with Crippen LogP contribution in [0, 0.1) is 0 Å². The number of nitrogens with one attached hydrogen (secondary N) is 1. The molecule has 1 unspecified atom stereocenters. The molecule has 8 nitrogen and oxygen atoms in total. The predicted octanol–water partition coefficient (Wildman–Crippen LogP) is 2.96. The number of rotatable bonds is 5. The minimum atomic E-state index is -0.508. The maximum atomic E-state index is 13.1. The quantitative estimate of drug-likeness (QED) is 0.481. The Morgan fingerprint density at radius 1 is 1.40 bits per heavy atom. The van der Waals surface area contributed by atoms with E-state index in [1.165, 1.54) is 4.52 Å². The highest BCUT2D eigenvalue weighted by atomic mass is 35.5. The Labute approximate surface area is 176 Å². The van der Waals surface area contributed by atoms with E-state index in [4.69, 9.17) is 17.3 Å². The highest BCUT2D eigenvalue weighted by Crippen LogP contribution is 2.24. The lowest BCUT2D eigenvalue weighted by molar-refractivity contribution is 0.0940. The van der Waals surface area contributed by atoms with E-state index in [9.17, 15) is 9.59 Å². The average Bonchev–Trinajstić information content (AvgIpc) is 3.05. The van der Waals surface area contributed by atoms with Crippen molar-refractivity contribution in [3.05, 3.63) is 82.0 Å². The van der Waals surface area contributed by atoms with Crippen LogP contribution in [0.2, 0.25) is 5.02 Å². The monoisotopic (exact) mass is 422 g/mol. The molecule has 3 heterocycles. The number of allylic oxidation sites excluding steroid dienone is 1. The summed E-state index contributed by atoms with van der Waals surface area (Å²) in [5, 5.41) is 8.52. The zero-order valence-corrected chi connectivity index (χ0v) is 16.9. The van der Waals surface area contributed by atoms with Crippen LogP contribution < -0.4 is 16.6 Å². The zero-order chi connectivity index (χ0) is 21.4. The van der Waals surface area contributed by atoms with Crippen molar-refractivity contribution in [1.82, 2.24) is 24.5 Å². The maximum Gasteiger partial charge on any atom is 0.260 e. The van der Waals surface area contributed by atoms with Gasteiger partial charge in [0.05, 0.1) is 16.5 Å². The molecule has 0 radical (unpaired) electrons. The predicted molar refractivity (Wildman–Crippen MR) is 117 cm³/mol. The van der Waals surface area contributed by atoms with Gasteiger partial charge in [0.15, 0.2) is 11.5 Å². The molecule has 3 N–H and O–H groups in total. The van der Waals surface area contributed by atoms with Crippen molar-refractivity contribution in [3.63, 3.8) is 0 Å². The Morgan fingerprint density at radius 2 is 2.20 bits per heavy atom. The molecular weight excluding hydrogens is 404 g/mol. The first-order valence-corrected chi connectivity index (χ1v) is 9.62. The number of fused-ring (bicyclic) bond motifs is 2. The fourth-order valence-electron chi connectivity index (χ4n) is 3.52. The van der Waals surface area contributed by atoms with Gasteiger partial charge in [0, 0.05) is 24.6 Å². The Kier molecular flexibility index (Phi) is 5.01. The second-order valence-electron chi connectivity index (χ2n) is 6.82. The third-order valence-electron chi connectivity index (χ3n) is 4.87. The van der Waals surface area contributed by atoms with Crippen LogP contribution in [0.15, 0.2) is 60.2 Å². The second-order valence-corrected chi connectivity index (χ2v) is 7.23. The molecule has 0 aliphatic carbocycles. The van der Waals surface area contributed by atoms with Gasteiger partial charge in [0.2, 0.25) is 0 Å². The topological polar surface area (TPSA) is 107 Å². The third-order valence-corrected chi connectivity index (χ3v) is 5.19. The van der Waals surface area contributed by atoms with Crippen molar-refractivity contribution in [3.8, 4) is 0 Å². The summed E-state index contributed by atoms with van der Waals surface area (Å²) in [6, 6.07) is 8.29. The minimum absolute atomic E-state index is 0.0761. The summed E-state index contributed by atoms with van der Waals surface area (Å²) in [7, 11) is 0. The van der Waals surface area contributed by atoms with Gasteiger partial charge in [-0.05, 0) is 30.5 Å². The summed E-state index contributed by atoms with van der Waals surface area (Å²) in [5.74, 6) is -0.357. The van der Waals surface area contributed by atoms with E-state index in [0.29, 0.717) is 27.1 Å². The molecular formula is C21H19ClN6O2. The van der Waals surface area contributed by atoms with Crippen LogP contribution in [-0.4, -0.2) is 25.1 Å². The number of benzene rings is 1. The van der Waals surface area contributed by atoms with Crippen LogP contribution in [0.3, 0.4) is 0 Å². The van der Waals surface area contributed by atoms with Gasteiger partial charge >= 0.3 is 0 Å². The van der Waals surface area contributed by atoms with Gasteiger partial charge in [-0.3, -0.25) is 9.59 Å². The summed E-state index contributed by atoms with van der Waals surface area (Å²) in [6.45, 7) is 5.79. The number of nitrogen functional groups attached to an aromatic ring is 1. The van der Waals surface area contributed by atoms with Crippen molar-refractivity contribution in [2.75, 3.05) is 5.73 Å². The van der Waals surface area contributed by atoms with Gasteiger partial charge in [-0.2, -0.15) is 0 Å². The molecule has 1 atom stereocenters. The van der Waals surface area contributed by atoms with Gasteiger partial charge in [-0.1, -0.05) is 29.8 Å². The lowest BCUT2D eigenvalue weighted by Crippen LogP contribution is -2.33. The number of anilines is 1. The van der Waals surface area contributed by atoms with Crippen molar-refractivity contribution in [2.24, 2.45) is 0 Å². The molecule has 4 aromatic rings. The zero-order valence-electron chi connectivity index (χ0n) is 16.2. The molecule has 4 rings (SSSR count). The number of nitrogens with zero attached hydrogens (tertiary/aromatic N) is 4. The lowest BCUT2D eigenvalue weighted by atomic mass is 10.1. The molecule has 1 aromatic carbocycles. The third kappa shape index (κ3) is 3.21. The van der Waals surface area contributed by atoms with E-state index >= 15 is 0 Å². The average molecular weight is 423 g/mol. The molecule has 152 valence electrons. The maximum absolute atomic E-state index is 13.1. The molecule has 0 aliphatic heterocycles. The molecule has 30 heavy (non-hydrogen) atoms. The lowest BCUT2D eigenvalue weighted by Gasteiger charge is -2.20. The SMILES string of the molecule is C=CCn1c(C(C)NC(=O)c2c(N)nn3cccnc23)cc2cccc(Cl)c2c1=O. The van der Waals surface area contributed by atoms with E-state index in [-0.39, 0.29) is 23.5 Å². The highest BCUT2D eigenvalue weighted by molar-refractivity contribution is 6.35. The van der Waals surface area contributed by atoms with E-state index in [1.54, 1.807) is 48.2 Å². The summed E-state index contributed by atoms with van der Waals surface area (Å²) in [4.78, 5) is 30.3. The van der Waals surface area contributed by atoms with Crippen molar-refractivity contribution in [2.45, 2.75) is 19.5 Å². The Balaban J connectivity index is 1.77. The second kappa shape index (κ2) is 7.64. The van der Waals surface area contributed by atoms with Crippen LogP contribution in [0.4, 0.5) is 5.82 Å². The van der Waals surface area contributed by atoms with Crippen LogP contribution in [-0.2, 0) is 6.54 Å². The van der Waals surface area contributed by atoms with Crippen molar-refractivity contribution >= 4 is 39.7 Å². The number of halogens is 1. The van der Waals surface area contributed by atoms with Crippen LogP contribution in [0.1, 0.15) is 29.0 Å². The van der Waals surface area contributed by atoms with E-state index < -0.39 is 11.9 Å². The van der Waals surface area contributed by atoms with Gasteiger partial charge in [-0.15, -0.1) is 11.7 Å². The highest BCUT2D eigenvalue weighted by Gasteiger charge is 2.23. The Morgan fingerprint density at radius 3 is 2.97 bits per heavy atom. The molecule has 1 amide bonds. The van der Waals surface area contributed by atoms with E-state index in [0.717, 1.165) is 0 Å². The summed E-state index contributed by atoms with van der Waals surface area (Å²) < 4.78 is 2.99. The van der Waals surface area contributed by atoms with Crippen molar-refractivity contribution in [1.29, 1.82) is 0 Å². The molecule has 9 heteroatoms. The molecule has 3 aromatic heterocycles. The molecule has 0 saturated heterocycles. The summed E-state index contributed by atoms with van der Waals surface area (Å²) >= 11 is 6.25. The van der Waals surface area contributed by atoms with E-state index in [1.807, 2.05) is 12.1 Å². The first kappa shape index (κ1) is 19.7. The standard InChI is InChI=1S/C21H19ClN6O2/c1-3-9-27-15(11-13-6-4-7-14(22)16(13)21(27)30)12(2)25-20(29)17-18(23)26-28-10-5-8-24-19(17)28/h3-8,10-12H,1,9H2,2H3,(H2,23,26)(H,25,29). The number of carbonyl (C=O) groups is 1. The summed E-state index contributed by atoms with van der Waals surface area (Å²) in [5.41, 5.74) is 6.86. The van der Waals surface area contributed by atoms with Crippen LogP contribution >= 0.6 is 11.6 Å². The van der Waals surface area contributed by atoms with Gasteiger partial charge < -0.3 is 15.6 Å². The number of hydrogen-bond donors (Lipinski definition) is 2. The molecule has 0 saturated carbocycles. The number of nitrogens with two attached hydrogens (primary N) is 1. The molecule has 0 aliphatic rings. The number of amides is 1. The van der Waals surface area contributed by atoms with Gasteiger partial charge in [-0.25, -0.2) is 9.50 Å². The number of aromatic nitrogens is 4.